The third-order valence-corrected chi connectivity index (χ3v) is 2.94. The predicted octanol–water partition coefficient (Wildman–Crippen LogP) is 1.54. The lowest BCUT2D eigenvalue weighted by Crippen LogP contribution is -2.30. The van der Waals surface area contributed by atoms with E-state index in [2.05, 4.69) is 26.2 Å². The number of rotatable bonds is 2. The van der Waals surface area contributed by atoms with Crippen LogP contribution in [0.15, 0.2) is 20.9 Å². The van der Waals surface area contributed by atoms with Crippen LogP contribution in [0.5, 0.6) is 0 Å². The molecule has 12 heavy (non-hydrogen) atoms. The molecule has 1 aromatic rings. The van der Waals surface area contributed by atoms with Crippen molar-refractivity contribution in [3.8, 4) is 0 Å². The maximum Gasteiger partial charge on any atom is 0.188 e. The van der Waals surface area contributed by atoms with E-state index in [1.54, 1.807) is 18.4 Å². The maximum absolute atomic E-state index is 5.46. The molecule has 0 aliphatic rings. The molecule has 3 N–H and O–H groups in total. The van der Waals surface area contributed by atoms with Crippen molar-refractivity contribution in [1.82, 2.24) is 5.32 Å². The molecule has 0 atom stereocenters. The van der Waals surface area contributed by atoms with Crippen molar-refractivity contribution in [2.24, 2.45) is 10.7 Å². The number of guanidine groups is 1. The Hall–Kier alpha value is -0.550. The molecule has 1 heterocycles. The fraction of sp³-hybridized carbons (Fsp3) is 0.286. The fourth-order valence-electron chi connectivity index (χ4n) is 0.703. The average molecular weight is 248 g/mol. The van der Waals surface area contributed by atoms with Gasteiger partial charge >= 0.3 is 0 Å². The summed E-state index contributed by atoms with van der Waals surface area (Å²) in [6, 6.07) is 4.06. The second-order valence-corrected chi connectivity index (χ2v) is 4.72. The van der Waals surface area contributed by atoms with Crippen molar-refractivity contribution < 1.29 is 0 Å². The second kappa shape index (κ2) is 4.47. The van der Waals surface area contributed by atoms with Crippen molar-refractivity contribution in [3.63, 3.8) is 0 Å². The van der Waals surface area contributed by atoms with Gasteiger partial charge < -0.3 is 11.1 Å². The van der Waals surface area contributed by atoms with Gasteiger partial charge in [-0.25, -0.2) is 0 Å². The van der Waals surface area contributed by atoms with Gasteiger partial charge in [0.05, 0.1) is 10.3 Å². The number of nitrogens with two attached hydrogens (primary N) is 1. The second-order valence-electron chi connectivity index (χ2n) is 2.17. The van der Waals surface area contributed by atoms with Crippen LogP contribution >= 0.6 is 27.3 Å². The summed E-state index contributed by atoms with van der Waals surface area (Å²) in [6.45, 7) is 0.736. The first-order chi connectivity index (χ1) is 5.72. The zero-order chi connectivity index (χ0) is 8.97. The summed E-state index contributed by atoms with van der Waals surface area (Å²) in [5, 5.41) is 2.98. The summed E-state index contributed by atoms with van der Waals surface area (Å²) >= 11 is 5.07. The zero-order valence-corrected chi connectivity index (χ0v) is 9.08. The van der Waals surface area contributed by atoms with Crippen LogP contribution in [0.1, 0.15) is 4.88 Å². The van der Waals surface area contributed by atoms with E-state index in [4.69, 9.17) is 5.73 Å². The molecule has 0 bridgehead atoms. The minimum atomic E-state index is 0.472. The van der Waals surface area contributed by atoms with Crippen molar-refractivity contribution in [1.29, 1.82) is 0 Å². The van der Waals surface area contributed by atoms with Gasteiger partial charge in [0, 0.05) is 11.9 Å². The molecule has 0 spiro atoms. The summed E-state index contributed by atoms with van der Waals surface area (Å²) in [7, 11) is 1.66. The van der Waals surface area contributed by atoms with Gasteiger partial charge in [-0.05, 0) is 28.1 Å². The molecule has 1 rings (SSSR count). The Labute approximate surface area is 83.8 Å². The number of halogens is 1. The van der Waals surface area contributed by atoms with E-state index in [0.29, 0.717) is 5.96 Å². The Morgan fingerprint density at radius 3 is 3.00 bits per heavy atom. The van der Waals surface area contributed by atoms with Gasteiger partial charge in [-0.1, -0.05) is 0 Å². The van der Waals surface area contributed by atoms with E-state index in [0.717, 1.165) is 10.3 Å². The molecule has 0 saturated heterocycles. The largest absolute Gasteiger partial charge is 0.370 e. The smallest absolute Gasteiger partial charge is 0.188 e. The van der Waals surface area contributed by atoms with E-state index >= 15 is 0 Å². The minimum Gasteiger partial charge on any atom is -0.370 e. The summed E-state index contributed by atoms with van der Waals surface area (Å²) in [5.41, 5.74) is 5.46. The lowest BCUT2D eigenvalue weighted by molar-refractivity contribution is 0.918. The Balaban J connectivity index is 2.43. The standard InChI is InChI=1S/C7H10BrN3S/c1-10-7(9)11-4-5-2-3-6(8)12-5/h2-3H,4H2,1H3,(H3,9,10,11). The monoisotopic (exact) mass is 247 g/mol. The van der Waals surface area contributed by atoms with Crippen LogP contribution in [0.4, 0.5) is 0 Å². The average Bonchev–Trinajstić information content (AvgIpc) is 2.47. The topological polar surface area (TPSA) is 50.4 Å². The Morgan fingerprint density at radius 1 is 1.75 bits per heavy atom. The number of nitrogens with one attached hydrogen (secondary N) is 1. The number of aliphatic imine (C=N–C) groups is 1. The summed E-state index contributed by atoms with van der Waals surface area (Å²) in [6.07, 6.45) is 0. The van der Waals surface area contributed by atoms with Crippen molar-refractivity contribution >= 4 is 33.2 Å². The third-order valence-electron chi connectivity index (χ3n) is 1.31. The van der Waals surface area contributed by atoms with Crippen molar-refractivity contribution in [3.05, 3.63) is 20.8 Å². The number of hydrogen-bond acceptors (Lipinski definition) is 2. The van der Waals surface area contributed by atoms with Crippen molar-refractivity contribution in [2.75, 3.05) is 7.05 Å². The first-order valence-corrected chi connectivity index (χ1v) is 5.03. The van der Waals surface area contributed by atoms with Crippen LogP contribution in [0.25, 0.3) is 0 Å². The molecule has 5 heteroatoms. The van der Waals surface area contributed by atoms with Gasteiger partial charge in [-0.15, -0.1) is 11.3 Å². The molecule has 66 valence electrons. The minimum absolute atomic E-state index is 0.472. The highest BCUT2D eigenvalue weighted by Gasteiger charge is 1.96. The highest BCUT2D eigenvalue weighted by molar-refractivity contribution is 9.11. The predicted molar refractivity (Wildman–Crippen MR) is 56.4 cm³/mol. The lowest BCUT2D eigenvalue weighted by Gasteiger charge is -2.00. The van der Waals surface area contributed by atoms with E-state index in [1.165, 1.54) is 4.88 Å². The normalized spacial score (nSPS) is 11.7. The fourth-order valence-corrected chi connectivity index (χ4v) is 2.13. The van der Waals surface area contributed by atoms with E-state index in [9.17, 15) is 0 Å². The third kappa shape index (κ3) is 2.83. The number of thiophene rings is 1. The van der Waals surface area contributed by atoms with Gasteiger partial charge in [-0.2, -0.15) is 0 Å². The summed E-state index contributed by atoms with van der Waals surface area (Å²) in [5.74, 6) is 0.472. The molecule has 0 aliphatic carbocycles. The Bertz CT molecular complexity index is 282. The quantitative estimate of drug-likeness (QED) is 0.616. The van der Waals surface area contributed by atoms with E-state index in [-0.39, 0.29) is 0 Å². The van der Waals surface area contributed by atoms with Crippen LogP contribution in [0, 0.1) is 0 Å². The molecule has 0 amide bonds. The molecular weight excluding hydrogens is 238 g/mol. The Morgan fingerprint density at radius 2 is 2.50 bits per heavy atom. The first kappa shape index (κ1) is 9.54. The number of nitrogens with zero attached hydrogens (tertiary/aromatic N) is 1. The SMILES string of the molecule is CN=C(N)NCc1ccc(Br)s1. The molecule has 1 aromatic heterocycles. The molecule has 3 nitrogen and oxygen atoms in total. The Kier molecular flexibility index (Phi) is 3.55. The zero-order valence-electron chi connectivity index (χ0n) is 6.67. The van der Waals surface area contributed by atoms with Gasteiger partial charge in [0.15, 0.2) is 5.96 Å². The van der Waals surface area contributed by atoms with Crippen LogP contribution in [0.3, 0.4) is 0 Å². The van der Waals surface area contributed by atoms with Crippen molar-refractivity contribution in [2.45, 2.75) is 6.54 Å². The molecule has 0 aromatic carbocycles. The molecular formula is C7H10BrN3S. The molecule has 0 fully saturated rings. The summed E-state index contributed by atoms with van der Waals surface area (Å²) in [4.78, 5) is 5.02. The molecule has 0 unspecified atom stereocenters. The molecule has 0 saturated carbocycles. The van der Waals surface area contributed by atoms with Crippen LogP contribution in [-0.4, -0.2) is 13.0 Å². The van der Waals surface area contributed by atoms with Crippen LogP contribution < -0.4 is 11.1 Å². The van der Waals surface area contributed by atoms with Gasteiger partial charge in [-0.3, -0.25) is 4.99 Å². The van der Waals surface area contributed by atoms with E-state index < -0.39 is 0 Å². The van der Waals surface area contributed by atoms with Crippen LogP contribution in [-0.2, 0) is 6.54 Å². The summed E-state index contributed by atoms with van der Waals surface area (Å²) < 4.78 is 1.13. The van der Waals surface area contributed by atoms with Crippen LogP contribution in [0.2, 0.25) is 0 Å². The molecule has 0 radical (unpaired) electrons. The van der Waals surface area contributed by atoms with Gasteiger partial charge in [0.1, 0.15) is 0 Å². The molecule has 0 aliphatic heterocycles. The highest BCUT2D eigenvalue weighted by atomic mass is 79.9. The first-order valence-electron chi connectivity index (χ1n) is 3.42. The number of hydrogen-bond donors (Lipinski definition) is 2. The lowest BCUT2D eigenvalue weighted by atomic mass is 10.5. The maximum atomic E-state index is 5.46. The van der Waals surface area contributed by atoms with Gasteiger partial charge in [0.2, 0.25) is 0 Å². The van der Waals surface area contributed by atoms with E-state index in [1.807, 2.05) is 12.1 Å². The van der Waals surface area contributed by atoms with Gasteiger partial charge in [0.25, 0.3) is 0 Å². The highest BCUT2D eigenvalue weighted by Crippen LogP contribution is 2.21.